The molecular formula is C24H19FN4O3S. The third-order valence-electron chi connectivity index (χ3n) is 5.02. The van der Waals surface area contributed by atoms with Crippen molar-refractivity contribution in [3.63, 3.8) is 0 Å². The fraction of sp³-hybridized carbons (Fsp3) is 0.125. The maximum absolute atomic E-state index is 14.5. The van der Waals surface area contributed by atoms with E-state index in [-0.39, 0.29) is 24.3 Å². The number of nitrogens with zero attached hydrogens (tertiary/aromatic N) is 3. The van der Waals surface area contributed by atoms with Gasteiger partial charge >= 0.3 is 0 Å². The third kappa shape index (κ3) is 4.54. The van der Waals surface area contributed by atoms with E-state index in [1.807, 2.05) is 48.5 Å². The van der Waals surface area contributed by atoms with Crippen LogP contribution in [-0.4, -0.2) is 33.2 Å². The summed E-state index contributed by atoms with van der Waals surface area (Å²) in [6.07, 6.45) is 0. The molecule has 0 saturated heterocycles. The molecule has 33 heavy (non-hydrogen) atoms. The number of carbonyl (C=O) groups excluding carboxylic acids is 1. The van der Waals surface area contributed by atoms with Gasteiger partial charge in [-0.05, 0) is 42.0 Å². The van der Waals surface area contributed by atoms with Crippen LogP contribution >= 0.6 is 11.8 Å². The molecular weight excluding hydrogens is 443 g/mol. The molecule has 3 aromatic carbocycles. The fourth-order valence-corrected chi connectivity index (χ4v) is 4.20. The normalized spacial score (nSPS) is 12.0. The number of ether oxygens (including phenoxy) is 2. The molecule has 0 unspecified atom stereocenters. The molecule has 2 heterocycles. The number of amides is 1. The number of hydrogen-bond acceptors (Lipinski definition) is 6. The van der Waals surface area contributed by atoms with Gasteiger partial charge in [0.15, 0.2) is 22.5 Å². The molecule has 1 aromatic heterocycles. The van der Waals surface area contributed by atoms with Crippen LogP contribution in [0, 0.1) is 5.82 Å². The molecule has 7 nitrogen and oxygen atoms in total. The number of thioether (sulfide) groups is 1. The van der Waals surface area contributed by atoms with Crippen molar-refractivity contribution in [2.75, 3.05) is 12.5 Å². The first-order chi connectivity index (χ1) is 16.2. The van der Waals surface area contributed by atoms with Gasteiger partial charge in [-0.15, -0.1) is 10.2 Å². The summed E-state index contributed by atoms with van der Waals surface area (Å²) >= 11 is 1.24. The molecule has 0 fully saturated rings. The van der Waals surface area contributed by atoms with Gasteiger partial charge in [0.1, 0.15) is 5.82 Å². The zero-order valence-corrected chi connectivity index (χ0v) is 18.2. The van der Waals surface area contributed by atoms with E-state index in [1.165, 1.54) is 17.8 Å². The van der Waals surface area contributed by atoms with Crippen LogP contribution in [-0.2, 0) is 11.3 Å². The zero-order valence-electron chi connectivity index (χ0n) is 17.4. The molecule has 0 radical (unpaired) electrons. The van der Waals surface area contributed by atoms with Crippen LogP contribution in [0.4, 0.5) is 4.39 Å². The average Bonchev–Trinajstić information content (AvgIpc) is 3.49. The Morgan fingerprint density at radius 2 is 1.79 bits per heavy atom. The lowest BCUT2D eigenvalue weighted by Gasteiger charge is -2.11. The third-order valence-corrected chi connectivity index (χ3v) is 5.95. The predicted octanol–water partition coefficient (Wildman–Crippen LogP) is 4.21. The highest BCUT2D eigenvalue weighted by atomic mass is 32.2. The number of fused-ring (bicyclic) bond motifs is 1. The number of halogens is 1. The number of rotatable bonds is 7. The molecule has 0 saturated carbocycles. The van der Waals surface area contributed by atoms with Gasteiger partial charge in [-0.3, -0.25) is 9.36 Å². The first-order valence-corrected chi connectivity index (χ1v) is 11.2. The van der Waals surface area contributed by atoms with Crippen molar-refractivity contribution in [2.24, 2.45) is 0 Å². The van der Waals surface area contributed by atoms with E-state index in [0.29, 0.717) is 34.6 Å². The Morgan fingerprint density at radius 3 is 2.64 bits per heavy atom. The second-order valence-corrected chi connectivity index (χ2v) is 8.15. The van der Waals surface area contributed by atoms with Gasteiger partial charge in [0.2, 0.25) is 12.7 Å². The Balaban J connectivity index is 1.31. The summed E-state index contributed by atoms with van der Waals surface area (Å²) < 4.78 is 26.9. The van der Waals surface area contributed by atoms with Crippen LogP contribution in [0.3, 0.4) is 0 Å². The molecule has 1 aliphatic rings. The standard InChI is InChI=1S/C24H19FN4O3S/c25-19-9-5-4-8-18(19)23-27-28-24(29(23)17-6-2-1-3-7-17)33-14-22(30)26-13-16-10-11-20-21(12-16)32-15-31-20/h1-12H,13-15H2,(H,26,30). The van der Waals surface area contributed by atoms with E-state index in [9.17, 15) is 9.18 Å². The van der Waals surface area contributed by atoms with Crippen LogP contribution in [0.2, 0.25) is 0 Å². The van der Waals surface area contributed by atoms with Crippen LogP contribution in [0.25, 0.3) is 17.1 Å². The first kappa shape index (κ1) is 21.0. The van der Waals surface area contributed by atoms with Crippen LogP contribution < -0.4 is 14.8 Å². The Hall–Kier alpha value is -3.85. The van der Waals surface area contributed by atoms with E-state index in [4.69, 9.17) is 9.47 Å². The zero-order chi connectivity index (χ0) is 22.6. The maximum Gasteiger partial charge on any atom is 0.231 e. The van der Waals surface area contributed by atoms with Crippen molar-refractivity contribution < 1.29 is 18.7 Å². The van der Waals surface area contributed by atoms with Crippen LogP contribution in [0.1, 0.15) is 5.56 Å². The van der Waals surface area contributed by atoms with E-state index in [0.717, 1.165) is 11.3 Å². The van der Waals surface area contributed by atoms with Crippen molar-refractivity contribution in [2.45, 2.75) is 11.7 Å². The fourth-order valence-electron chi connectivity index (χ4n) is 3.42. The number of para-hydroxylation sites is 1. The lowest BCUT2D eigenvalue weighted by atomic mass is 10.2. The van der Waals surface area contributed by atoms with E-state index < -0.39 is 0 Å². The van der Waals surface area contributed by atoms with Crippen molar-refractivity contribution in [1.29, 1.82) is 0 Å². The van der Waals surface area contributed by atoms with Gasteiger partial charge in [-0.1, -0.05) is 48.2 Å². The molecule has 9 heteroatoms. The summed E-state index contributed by atoms with van der Waals surface area (Å²) in [4.78, 5) is 12.5. The van der Waals surface area contributed by atoms with Gasteiger partial charge in [-0.2, -0.15) is 0 Å². The quantitative estimate of drug-likeness (QED) is 0.415. The molecule has 1 amide bonds. The molecule has 1 N–H and O–H groups in total. The van der Waals surface area contributed by atoms with Crippen LogP contribution in [0.15, 0.2) is 78.0 Å². The molecule has 0 atom stereocenters. The second-order valence-electron chi connectivity index (χ2n) is 7.21. The second kappa shape index (κ2) is 9.33. The Kier molecular flexibility index (Phi) is 5.95. The Labute approximate surface area is 193 Å². The summed E-state index contributed by atoms with van der Waals surface area (Å²) in [7, 11) is 0. The Morgan fingerprint density at radius 1 is 1.00 bits per heavy atom. The summed E-state index contributed by atoms with van der Waals surface area (Å²) in [6, 6.07) is 21.4. The summed E-state index contributed by atoms with van der Waals surface area (Å²) in [6.45, 7) is 0.570. The molecule has 166 valence electrons. The van der Waals surface area contributed by atoms with Gasteiger partial charge < -0.3 is 14.8 Å². The number of hydrogen-bond donors (Lipinski definition) is 1. The maximum atomic E-state index is 14.5. The van der Waals surface area contributed by atoms with E-state index in [2.05, 4.69) is 15.5 Å². The highest BCUT2D eigenvalue weighted by Gasteiger charge is 2.19. The largest absolute Gasteiger partial charge is 0.454 e. The van der Waals surface area contributed by atoms with Crippen LogP contribution in [0.5, 0.6) is 11.5 Å². The predicted molar refractivity (Wildman–Crippen MR) is 122 cm³/mol. The van der Waals surface area contributed by atoms with Gasteiger partial charge in [-0.25, -0.2) is 4.39 Å². The molecule has 1 aliphatic heterocycles. The molecule has 0 spiro atoms. The summed E-state index contributed by atoms with van der Waals surface area (Å²) in [5.41, 5.74) is 2.03. The number of nitrogens with one attached hydrogen (secondary N) is 1. The lowest BCUT2D eigenvalue weighted by molar-refractivity contribution is -0.118. The molecule has 0 bridgehead atoms. The van der Waals surface area contributed by atoms with Crippen molar-refractivity contribution >= 4 is 17.7 Å². The van der Waals surface area contributed by atoms with Gasteiger partial charge in [0.25, 0.3) is 0 Å². The number of aromatic nitrogens is 3. The summed E-state index contributed by atoms with van der Waals surface area (Å²) in [5, 5.41) is 11.9. The minimum atomic E-state index is -0.389. The molecule has 0 aliphatic carbocycles. The molecule has 5 rings (SSSR count). The monoisotopic (exact) mass is 462 g/mol. The van der Waals surface area contributed by atoms with E-state index in [1.54, 1.807) is 22.8 Å². The van der Waals surface area contributed by atoms with E-state index >= 15 is 0 Å². The minimum Gasteiger partial charge on any atom is -0.454 e. The highest BCUT2D eigenvalue weighted by molar-refractivity contribution is 7.99. The van der Waals surface area contributed by atoms with Crippen molar-refractivity contribution in [3.05, 3.63) is 84.2 Å². The molecule has 4 aromatic rings. The smallest absolute Gasteiger partial charge is 0.231 e. The minimum absolute atomic E-state index is 0.132. The highest BCUT2D eigenvalue weighted by Crippen LogP contribution is 2.32. The van der Waals surface area contributed by atoms with Crippen molar-refractivity contribution in [3.8, 4) is 28.6 Å². The topological polar surface area (TPSA) is 78.3 Å². The van der Waals surface area contributed by atoms with Gasteiger partial charge in [0, 0.05) is 12.2 Å². The average molecular weight is 463 g/mol. The van der Waals surface area contributed by atoms with Gasteiger partial charge in [0.05, 0.1) is 11.3 Å². The first-order valence-electron chi connectivity index (χ1n) is 10.2. The number of carbonyl (C=O) groups is 1. The lowest BCUT2D eigenvalue weighted by Crippen LogP contribution is -2.24. The SMILES string of the molecule is O=C(CSc1nnc(-c2ccccc2F)n1-c1ccccc1)NCc1ccc2c(c1)OCO2. The summed E-state index contributed by atoms with van der Waals surface area (Å²) in [5.74, 6) is 1.34. The Bertz CT molecular complexity index is 1300. The number of benzene rings is 3. The van der Waals surface area contributed by atoms with Crippen molar-refractivity contribution in [1.82, 2.24) is 20.1 Å².